The Hall–Kier alpha value is -1.02. The average molecular weight is 206 g/mol. The zero-order valence-electron chi connectivity index (χ0n) is 8.44. The summed E-state index contributed by atoms with van der Waals surface area (Å²) in [6.45, 7) is 3.61. The van der Waals surface area contributed by atoms with E-state index in [0.717, 1.165) is 0 Å². The third kappa shape index (κ3) is 4.28. The van der Waals surface area contributed by atoms with Crippen molar-refractivity contribution in [3.63, 3.8) is 0 Å². The molecule has 0 aliphatic carbocycles. The molecule has 2 heteroatoms. The van der Waals surface area contributed by atoms with Gasteiger partial charge in [-0.2, -0.15) is 0 Å². The minimum absolute atomic E-state index is 0.162. The van der Waals surface area contributed by atoms with Gasteiger partial charge in [-0.15, -0.1) is 0 Å². The Morgan fingerprint density at radius 3 is 2.57 bits per heavy atom. The fourth-order valence-corrected chi connectivity index (χ4v) is 1.79. The summed E-state index contributed by atoms with van der Waals surface area (Å²) in [7, 11) is 0. The fraction of sp³-hybridized carbons (Fsp3) is 0.250. The van der Waals surface area contributed by atoms with Crippen LogP contribution in [0.2, 0.25) is 0 Å². The smallest absolute Gasteiger partial charge is 0.186 e. The van der Waals surface area contributed by atoms with E-state index in [1.807, 2.05) is 49.4 Å². The van der Waals surface area contributed by atoms with Crippen LogP contribution in [0.25, 0.3) is 6.08 Å². The standard InChI is InChI=1S/C12H14OS/c1-10(14-11(2)13)8-9-12-6-4-3-5-7-12/h3-10H,1-2H3/b9-8+. The summed E-state index contributed by atoms with van der Waals surface area (Å²) >= 11 is 1.35. The van der Waals surface area contributed by atoms with E-state index in [0.29, 0.717) is 0 Å². The predicted molar refractivity (Wildman–Crippen MR) is 63.2 cm³/mol. The summed E-state index contributed by atoms with van der Waals surface area (Å²) in [5.41, 5.74) is 1.17. The van der Waals surface area contributed by atoms with Crippen molar-refractivity contribution in [1.29, 1.82) is 0 Å². The fourth-order valence-electron chi connectivity index (χ4n) is 1.11. The maximum atomic E-state index is 10.8. The summed E-state index contributed by atoms with van der Waals surface area (Å²) in [5.74, 6) is 0. The number of thioether (sulfide) groups is 1. The second kappa shape index (κ2) is 5.66. The molecule has 74 valence electrons. The lowest BCUT2D eigenvalue weighted by Crippen LogP contribution is -1.94. The minimum atomic E-state index is 0.162. The van der Waals surface area contributed by atoms with E-state index in [2.05, 4.69) is 0 Å². The van der Waals surface area contributed by atoms with Gasteiger partial charge in [-0.1, -0.05) is 54.2 Å². The number of carbonyl (C=O) groups is 1. The highest BCUT2D eigenvalue weighted by molar-refractivity contribution is 8.14. The molecule has 1 unspecified atom stereocenters. The van der Waals surface area contributed by atoms with E-state index in [4.69, 9.17) is 0 Å². The van der Waals surface area contributed by atoms with Crippen LogP contribution in [0.3, 0.4) is 0 Å². The molecule has 0 radical (unpaired) electrons. The van der Waals surface area contributed by atoms with Crippen molar-refractivity contribution in [2.45, 2.75) is 19.1 Å². The van der Waals surface area contributed by atoms with Crippen LogP contribution in [0.4, 0.5) is 0 Å². The molecule has 1 atom stereocenters. The third-order valence-corrected chi connectivity index (χ3v) is 2.57. The van der Waals surface area contributed by atoms with Crippen LogP contribution < -0.4 is 0 Å². The van der Waals surface area contributed by atoms with Gasteiger partial charge in [-0.05, 0) is 12.5 Å². The Labute approximate surface area is 89.2 Å². The molecule has 1 nitrogen and oxygen atoms in total. The zero-order valence-corrected chi connectivity index (χ0v) is 9.25. The Bertz CT molecular complexity index is 316. The van der Waals surface area contributed by atoms with E-state index in [9.17, 15) is 4.79 Å². The first-order chi connectivity index (χ1) is 6.68. The second-order valence-electron chi connectivity index (χ2n) is 3.08. The van der Waals surface area contributed by atoms with Crippen LogP contribution in [0.15, 0.2) is 36.4 Å². The highest BCUT2D eigenvalue weighted by Gasteiger charge is 2.00. The highest BCUT2D eigenvalue weighted by atomic mass is 32.2. The van der Waals surface area contributed by atoms with E-state index < -0.39 is 0 Å². The van der Waals surface area contributed by atoms with E-state index >= 15 is 0 Å². The molecule has 0 amide bonds. The van der Waals surface area contributed by atoms with Gasteiger partial charge in [0.2, 0.25) is 0 Å². The molecule has 0 heterocycles. The van der Waals surface area contributed by atoms with Gasteiger partial charge < -0.3 is 0 Å². The second-order valence-corrected chi connectivity index (χ2v) is 4.64. The molecule has 0 bridgehead atoms. The quantitative estimate of drug-likeness (QED) is 0.754. The lowest BCUT2D eigenvalue weighted by molar-refractivity contribution is -0.109. The molecule has 0 N–H and O–H groups in total. The van der Waals surface area contributed by atoms with Crippen molar-refractivity contribution in [3.05, 3.63) is 42.0 Å². The van der Waals surface area contributed by atoms with Crippen molar-refractivity contribution in [2.24, 2.45) is 0 Å². The highest BCUT2D eigenvalue weighted by Crippen LogP contribution is 2.13. The number of rotatable bonds is 3. The zero-order chi connectivity index (χ0) is 10.4. The van der Waals surface area contributed by atoms with Gasteiger partial charge in [-0.3, -0.25) is 4.79 Å². The van der Waals surface area contributed by atoms with Crippen molar-refractivity contribution in [3.8, 4) is 0 Å². The maximum absolute atomic E-state index is 10.8. The monoisotopic (exact) mass is 206 g/mol. The Morgan fingerprint density at radius 1 is 1.36 bits per heavy atom. The summed E-state index contributed by atoms with van der Waals surface area (Å²) < 4.78 is 0. The third-order valence-electron chi connectivity index (χ3n) is 1.71. The number of benzene rings is 1. The molecule has 0 fully saturated rings. The topological polar surface area (TPSA) is 17.1 Å². The Morgan fingerprint density at radius 2 is 2.00 bits per heavy atom. The molecule has 0 saturated heterocycles. The SMILES string of the molecule is CC(=O)SC(C)/C=C/c1ccccc1. The van der Waals surface area contributed by atoms with Gasteiger partial charge in [0.1, 0.15) is 0 Å². The summed E-state index contributed by atoms with van der Waals surface area (Å²) in [6.07, 6.45) is 4.09. The van der Waals surface area contributed by atoms with Crippen LogP contribution in [0.1, 0.15) is 19.4 Å². The first-order valence-corrected chi connectivity index (χ1v) is 5.47. The first-order valence-electron chi connectivity index (χ1n) is 4.59. The molecule has 0 aliphatic rings. The maximum Gasteiger partial charge on any atom is 0.186 e. The molecule has 0 spiro atoms. The predicted octanol–water partition coefficient (Wildman–Crippen LogP) is 3.37. The Kier molecular flexibility index (Phi) is 4.47. The van der Waals surface area contributed by atoms with Crippen molar-refractivity contribution >= 4 is 23.0 Å². The van der Waals surface area contributed by atoms with Crippen LogP contribution in [0, 0.1) is 0 Å². The molecule has 1 rings (SSSR count). The molecule has 0 aromatic heterocycles. The van der Waals surface area contributed by atoms with Crippen LogP contribution >= 0.6 is 11.8 Å². The molecular formula is C12H14OS. The van der Waals surface area contributed by atoms with Crippen LogP contribution in [0.5, 0.6) is 0 Å². The van der Waals surface area contributed by atoms with Crippen molar-refractivity contribution in [1.82, 2.24) is 0 Å². The Balaban J connectivity index is 2.52. The summed E-state index contributed by atoms with van der Waals surface area (Å²) in [4.78, 5) is 10.8. The minimum Gasteiger partial charge on any atom is -0.288 e. The molecule has 0 aliphatic heterocycles. The van der Waals surface area contributed by atoms with Gasteiger partial charge in [0, 0.05) is 12.2 Å². The average Bonchev–Trinajstić information content (AvgIpc) is 2.15. The van der Waals surface area contributed by atoms with Gasteiger partial charge >= 0.3 is 0 Å². The number of hydrogen-bond acceptors (Lipinski definition) is 2. The van der Waals surface area contributed by atoms with Crippen molar-refractivity contribution in [2.75, 3.05) is 0 Å². The van der Waals surface area contributed by atoms with Gasteiger partial charge in [0.15, 0.2) is 5.12 Å². The van der Waals surface area contributed by atoms with Gasteiger partial charge in [0.05, 0.1) is 0 Å². The molecule has 1 aromatic carbocycles. The summed E-state index contributed by atoms with van der Waals surface area (Å²) in [5, 5.41) is 0.405. The summed E-state index contributed by atoms with van der Waals surface area (Å²) in [6, 6.07) is 10.1. The van der Waals surface area contributed by atoms with Crippen molar-refractivity contribution < 1.29 is 4.79 Å². The van der Waals surface area contributed by atoms with E-state index in [1.165, 1.54) is 17.3 Å². The number of carbonyl (C=O) groups excluding carboxylic acids is 1. The van der Waals surface area contributed by atoms with Gasteiger partial charge in [0.25, 0.3) is 0 Å². The molecule has 0 saturated carbocycles. The number of hydrogen-bond donors (Lipinski definition) is 0. The van der Waals surface area contributed by atoms with Gasteiger partial charge in [-0.25, -0.2) is 0 Å². The van der Waals surface area contributed by atoms with Crippen LogP contribution in [-0.2, 0) is 4.79 Å². The molecular weight excluding hydrogens is 192 g/mol. The van der Waals surface area contributed by atoms with E-state index in [1.54, 1.807) is 6.92 Å². The lowest BCUT2D eigenvalue weighted by Gasteiger charge is -2.01. The molecule has 1 aromatic rings. The lowest BCUT2D eigenvalue weighted by atomic mass is 10.2. The largest absolute Gasteiger partial charge is 0.288 e. The van der Waals surface area contributed by atoms with E-state index in [-0.39, 0.29) is 10.4 Å². The first kappa shape index (κ1) is 11.1. The molecule has 14 heavy (non-hydrogen) atoms. The normalized spacial score (nSPS) is 13.0. The van der Waals surface area contributed by atoms with Crippen LogP contribution in [-0.4, -0.2) is 10.4 Å².